The van der Waals surface area contributed by atoms with Gasteiger partial charge in [0.25, 0.3) is 11.8 Å². The number of ether oxygens (including phenoxy) is 1. The Morgan fingerprint density at radius 3 is 2.57 bits per heavy atom. The standard InChI is InChI=1S/C31H34F2N6O5S.CH5P.H2/c1-5-38-16-22(13-31(32,33)18-38)27-37-36-26(43-27)21-10-11-25-24(12-21)39(15-20-8-6-19(14-34)7-9-20)28(40)23(17-45(25)42)35-29(41)44-30(2,3)4;1-2;/h6-12,22-23H,5,13,15-18H2,1-4H3,(H,35,41);2H2,1H3;1H/t22?,23-,45?;;/m0../s1. The molecule has 15 heteroatoms. The van der Waals surface area contributed by atoms with Crippen molar-refractivity contribution in [2.75, 3.05) is 37.0 Å². The molecule has 0 radical (unpaired) electrons. The average Bonchev–Trinajstić information content (AvgIpc) is 3.50. The van der Waals surface area contributed by atoms with Gasteiger partial charge in [-0.25, -0.2) is 13.6 Å². The molecule has 1 fully saturated rings. The summed E-state index contributed by atoms with van der Waals surface area (Å²) < 4.78 is 53.7. The number of likely N-dealkylation sites (tertiary alicyclic amines) is 1. The molecule has 3 heterocycles. The van der Waals surface area contributed by atoms with E-state index in [0.717, 1.165) is 0 Å². The Bertz CT molecular complexity index is 1660. The molecule has 1 saturated heterocycles. The maximum atomic E-state index is 14.4. The summed E-state index contributed by atoms with van der Waals surface area (Å²) in [7, 11) is 0.702. The second kappa shape index (κ2) is 15.0. The zero-order valence-corrected chi connectivity index (χ0v) is 28.9. The number of fused-ring (bicyclic) bond motifs is 1. The molecule has 0 saturated carbocycles. The van der Waals surface area contributed by atoms with Gasteiger partial charge >= 0.3 is 6.09 Å². The zero-order chi connectivity index (χ0) is 34.5. The third-order valence-electron chi connectivity index (χ3n) is 7.45. The van der Waals surface area contributed by atoms with Crippen LogP contribution in [-0.4, -0.2) is 80.9 Å². The van der Waals surface area contributed by atoms with Gasteiger partial charge in [0.1, 0.15) is 11.6 Å². The first-order valence-electron chi connectivity index (χ1n) is 15.1. The van der Waals surface area contributed by atoms with E-state index in [1.165, 1.54) is 4.90 Å². The van der Waals surface area contributed by atoms with Crippen LogP contribution < -0.4 is 10.2 Å². The van der Waals surface area contributed by atoms with E-state index in [2.05, 4.69) is 30.8 Å². The summed E-state index contributed by atoms with van der Waals surface area (Å²) in [5.41, 5.74) is 1.01. The van der Waals surface area contributed by atoms with Crippen molar-refractivity contribution in [1.82, 2.24) is 20.4 Å². The van der Waals surface area contributed by atoms with Crippen molar-refractivity contribution in [3.8, 4) is 17.5 Å². The largest absolute Gasteiger partial charge is 0.444 e. The first kappa shape index (κ1) is 36.1. The van der Waals surface area contributed by atoms with Crippen LogP contribution in [-0.2, 0) is 26.9 Å². The minimum absolute atomic E-state index is 0. The van der Waals surface area contributed by atoms with Gasteiger partial charge in [-0.05, 0) is 63.2 Å². The highest BCUT2D eigenvalue weighted by molar-refractivity contribution is 7.85. The number of alkyl carbamates (subject to hydrolysis) is 1. The first-order chi connectivity index (χ1) is 22.2. The van der Waals surface area contributed by atoms with Crippen LogP contribution in [0.25, 0.3) is 11.5 Å². The number of hydrogen-bond donors (Lipinski definition) is 1. The second-order valence-corrected chi connectivity index (χ2v) is 13.6. The first-order valence-corrected chi connectivity index (χ1v) is 17.6. The molecule has 1 N–H and O–H groups in total. The number of halogens is 2. The molecule has 0 aliphatic carbocycles. The summed E-state index contributed by atoms with van der Waals surface area (Å²) in [5, 5.41) is 20.0. The van der Waals surface area contributed by atoms with Crippen LogP contribution in [0.1, 0.15) is 58.5 Å². The molecule has 2 aromatic carbocycles. The van der Waals surface area contributed by atoms with Gasteiger partial charge in [0.05, 0.1) is 57.8 Å². The van der Waals surface area contributed by atoms with Gasteiger partial charge in [0.15, 0.2) is 0 Å². The number of carbonyl (C=O) groups is 2. The van der Waals surface area contributed by atoms with E-state index in [1.54, 1.807) is 68.1 Å². The SMILES string of the molecule is CCN1CC(c2nnc(-c3ccc4c(c3)N(Cc3ccc(C#N)cc3)C(=O)[C@@H](NC(=O)OC(C)(C)C)CS4=O)o2)CC(F)(F)C1.CP.[HH]. The Kier molecular flexibility index (Phi) is 11.5. The summed E-state index contributed by atoms with van der Waals surface area (Å²) in [4.78, 5) is 30.0. The lowest BCUT2D eigenvalue weighted by Crippen LogP contribution is -2.51. The van der Waals surface area contributed by atoms with Crippen molar-refractivity contribution in [3.05, 3.63) is 59.5 Å². The van der Waals surface area contributed by atoms with Crippen LogP contribution in [0.3, 0.4) is 0 Å². The number of benzene rings is 2. The van der Waals surface area contributed by atoms with Crippen molar-refractivity contribution in [1.29, 1.82) is 5.26 Å². The normalized spacial score (nSPS) is 21.0. The summed E-state index contributed by atoms with van der Waals surface area (Å²) in [5.74, 6) is -4.11. The molecule has 0 bridgehead atoms. The molecule has 2 amide bonds. The number of nitrogens with one attached hydrogen (secondary N) is 1. The van der Waals surface area contributed by atoms with Crippen molar-refractivity contribution in [3.63, 3.8) is 0 Å². The maximum Gasteiger partial charge on any atom is 0.408 e. The number of amides is 2. The topological polar surface area (TPSA) is 142 Å². The summed E-state index contributed by atoms with van der Waals surface area (Å²) >= 11 is 0. The van der Waals surface area contributed by atoms with Crippen LogP contribution in [0.5, 0.6) is 0 Å². The minimum atomic E-state index is -2.89. The average molecular weight is 691 g/mol. The number of nitriles is 1. The monoisotopic (exact) mass is 690 g/mol. The molecule has 4 atom stereocenters. The van der Waals surface area contributed by atoms with E-state index < -0.39 is 52.7 Å². The van der Waals surface area contributed by atoms with Crippen molar-refractivity contribution in [2.45, 2.75) is 69.0 Å². The molecular formula is C32H41F2N6O5PS. The predicted octanol–water partition coefficient (Wildman–Crippen LogP) is 5.34. The Hall–Kier alpha value is -3.79. The van der Waals surface area contributed by atoms with Crippen LogP contribution >= 0.6 is 9.24 Å². The molecule has 1 aromatic heterocycles. The van der Waals surface area contributed by atoms with Crippen molar-refractivity contribution >= 4 is 37.7 Å². The maximum absolute atomic E-state index is 14.4. The highest BCUT2D eigenvalue weighted by Crippen LogP contribution is 2.38. The lowest BCUT2D eigenvalue weighted by atomic mass is 9.95. The number of carbonyl (C=O) groups excluding carboxylic acids is 2. The Morgan fingerprint density at radius 2 is 1.94 bits per heavy atom. The Balaban J connectivity index is 0.00000204. The Morgan fingerprint density at radius 1 is 1.23 bits per heavy atom. The number of aromatic nitrogens is 2. The third kappa shape index (κ3) is 8.97. The number of rotatable bonds is 6. The summed E-state index contributed by atoms with van der Waals surface area (Å²) in [6.45, 7) is 9.33. The molecule has 254 valence electrons. The smallest absolute Gasteiger partial charge is 0.408 e. The number of piperidine rings is 1. The molecule has 2 aliphatic rings. The van der Waals surface area contributed by atoms with Gasteiger partial charge < -0.3 is 19.4 Å². The van der Waals surface area contributed by atoms with E-state index in [9.17, 15) is 27.8 Å². The lowest BCUT2D eigenvalue weighted by Gasteiger charge is -2.35. The molecule has 11 nitrogen and oxygen atoms in total. The molecule has 2 aliphatic heterocycles. The van der Waals surface area contributed by atoms with Gasteiger partial charge in [-0.3, -0.25) is 13.9 Å². The number of nitrogens with zero attached hydrogens (tertiary/aromatic N) is 5. The quantitative estimate of drug-likeness (QED) is 0.340. The van der Waals surface area contributed by atoms with Gasteiger partial charge in [-0.2, -0.15) is 5.26 Å². The molecule has 3 aromatic rings. The second-order valence-electron chi connectivity index (χ2n) is 12.2. The summed E-state index contributed by atoms with van der Waals surface area (Å²) in [6.07, 6.45) is -1.23. The molecule has 0 spiro atoms. The van der Waals surface area contributed by atoms with Gasteiger partial charge in [-0.1, -0.05) is 25.7 Å². The fourth-order valence-electron chi connectivity index (χ4n) is 5.37. The predicted molar refractivity (Wildman–Crippen MR) is 179 cm³/mol. The fraction of sp³-hybridized carbons (Fsp3) is 0.469. The zero-order valence-electron chi connectivity index (χ0n) is 27.0. The highest BCUT2D eigenvalue weighted by Gasteiger charge is 2.42. The minimum Gasteiger partial charge on any atom is -0.444 e. The van der Waals surface area contributed by atoms with Crippen molar-refractivity contribution in [2.24, 2.45) is 0 Å². The highest BCUT2D eigenvalue weighted by atomic mass is 32.2. The van der Waals surface area contributed by atoms with Crippen LogP contribution in [0.4, 0.5) is 19.3 Å². The fourth-order valence-corrected chi connectivity index (χ4v) is 6.70. The Labute approximate surface area is 279 Å². The van der Waals surface area contributed by atoms with E-state index in [-0.39, 0.29) is 32.1 Å². The number of anilines is 1. The lowest BCUT2D eigenvalue weighted by molar-refractivity contribution is -0.120. The summed E-state index contributed by atoms with van der Waals surface area (Å²) in [6, 6.07) is 12.3. The molecule has 47 heavy (non-hydrogen) atoms. The third-order valence-corrected chi connectivity index (χ3v) is 8.93. The molecular weight excluding hydrogens is 649 g/mol. The van der Waals surface area contributed by atoms with E-state index >= 15 is 0 Å². The van der Waals surface area contributed by atoms with Gasteiger partial charge in [-0.15, -0.1) is 19.4 Å². The van der Waals surface area contributed by atoms with Crippen LogP contribution in [0, 0.1) is 11.3 Å². The van der Waals surface area contributed by atoms with Crippen LogP contribution in [0.2, 0.25) is 0 Å². The van der Waals surface area contributed by atoms with Gasteiger partial charge in [0.2, 0.25) is 11.8 Å². The van der Waals surface area contributed by atoms with Crippen LogP contribution in [0.15, 0.2) is 51.8 Å². The van der Waals surface area contributed by atoms with E-state index in [4.69, 9.17) is 9.15 Å². The number of alkyl halides is 2. The molecule has 5 rings (SSSR count). The number of hydrogen-bond acceptors (Lipinski definition) is 9. The van der Waals surface area contributed by atoms with E-state index in [0.29, 0.717) is 40.4 Å². The number of likely N-dealkylation sites (N-methyl/N-ethyl adjacent to an activating group) is 1. The molecule has 3 unspecified atom stereocenters. The van der Waals surface area contributed by atoms with E-state index in [1.807, 2.05) is 13.6 Å². The van der Waals surface area contributed by atoms with Crippen molar-refractivity contribution < 1.29 is 33.2 Å². The van der Waals surface area contributed by atoms with Gasteiger partial charge in [0, 0.05) is 20.0 Å².